The van der Waals surface area contributed by atoms with Gasteiger partial charge in [0, 0.05) is 12.3 Å². The van der Waals surface area contributed by atoms with Crippen LogP contribution in [0.3, 0.4) is 0 Å². The van der Waals surface area contributed by atoms with Crippen LogP contribution in [0.5, 0.6) is 0 Å². The fraction of sp³-hybridized carbons (Fsp3) is 1.00. The maximum atomic E-state index is 14.8. The summed E-state index contributed by atoms with van der Waals surface area (Å²) in [7, 11) is 0. The van der Waals surface area contributed by atoms with Crippen LogP contribution in [0.15, 0.2) is 0 Å². The lowest BCUT2D eigenvalue weighted by atomic mass is 9.46. The second-order valence-electron chi connectivity index (χ2n) is 15.7. The third kappa shape index (κ3) is 2.65. The zero-order valence-electron chi connectivity index (χ0n) is 22.9. The molecule has 0 radical (unpaired) electrons. The van der Waals surface area contributed by atoms with Crippen molar-refractivity contribution in [2.24, 2.45) is 69.0 Å². The van der Waals surface area contributed by atoms with Crippen molar-refractivity contribution in [3.8, 4) is 0 Å². The van der Waals surface area contributed by atoms with E-state index in [0.717, 1.165) is 42.9 Å². The number of aliphatic hydroxyl groups is 1. The van der Waals surface area contributed by atoms with Crippen molar-refractivity contribution in [3.63, 3.8) is 0 Å². The van der Waals surface area contributed by atoms with Crippen molar-refractivity contribution < 1.29 is 13.9 Å². The van der Waals surface area contributed by atoms with E-state index >= 15 is 0 Å². The molecule has 0 heterocycles. The Morgan fingerprint density at radius 2 is 1.41 bits per heavy atom. The van der Waals surface area contributed by atoms with E-state index < -0.39 is 17.4 Å². The minimum atomic E-state index is -2.46. The van der Waals surface area contributed by atoms with Crippen LogP contribution in [-0.4, -0.2) is 16.6 Å². The summed E-state index contributed by atoms with van der Waals surface area (Å²) in [6, 6.07) is 0. The highest BCUT2D eigenvalue weighted by molar-refractivity contribution is 5.31. The molecule has 6 aliphatic carbocycles. The van der Waals surface area contributed by atoms with Gasteiger partial charge in [-0.3, -0.25) is 0 Å². The van der Waals surface area contributed by atoms with E-state index in [-0.39, 0.29) is 17.8 Å². The third-order valence-corrected chi connectivity index (χ3v) is 14.4. The first-order valence-corrected chi connectivity index (χ1v) is 14.8. The number of alkyl halides is 2. The molecule has 6 rings (SSSR count). The summed E-state index contributed by atoms with van der Waals surface area (Å²) < 4.78 is 29.6. The Labute approximate surface area is 207 Å². The van der Waals surface area contributed by atoms with E-state index in [1.54, 1.807) is 0 Å². The van der Waals surface area contributed by atoms with Gasteiger partial charge in [0.1, 0.15) is 0 Å². The highest BCUT2D eigenvalue weighted by Gasteiger charge is 2.84. The summed E-state index contributed by atoms with van der Waals surface area (Å²) in [5.74, 6) is 1.35. The van der Waals surface area contributed by atoms with Gasteiger partial charge in [0.2, 0.25) is 0 Å². The fourth-order valence-corrected chi connectivity index (χ4v) is 13.3. The zero-order chi connectivity index (χ0) is 24.7. The van der Waals surface area contributed by atoms with Crippen LogP contribution in [0.4, 0.5) is 8.78 Å². The summed E-state index contributed by atoms with van der Waals surface area (Å²) >= 11 is 0. The van der Waals surface area contributed by atoms with Crippen molar-refractivity contribution in [2.75, 3.05) is 0 Å². The Bertz CT molecular complexity index is 862. The van der Waals surface area contributed by atoms with Crippen LogP contribution in [0.2, 0.25) is 0 Å². The van der Waals surface area contributed by atoms with Crippen LogP contribution in [0, 0.1) is 69.0 Å². The average Bonchev–Trinajstić information content (AvgIpc) is 2.99. The molecule has 0 aliphatic heterocycles. The molecule has 0 aromatic rings. The minimum Gasteiger partial charge on any atom is -0.390 e. The van der Waals surface area contributed by atoms with Gasteiger partial charge in [-0.15, -0.1) is 0 Å². The molecular formula is C31H50F2O. The van der Waals surface area contributed by atoms with Crippen molar-refractivity contribution in [1.82, 2.24) is 0 Å². The van der Waals surface area contributed by atoms with E-state index in [9.17, 15) is 13.9 Å². The van der Waals surface area contributed by atoms with Gasteiger partial charge in [-0.05, 0) is 135 Å². The van der Waals surface area contributed by atoms with Gasteiger partial charge >= 0.3 is 0 Å². The average molecular weight is 477 g/mol. The zero-order valence-corrected chi connectivity index (χ0v) is 22.9. The van der Waals surface area contributed by atoms with Gasteiger partial charge in [-0.1, -0.05) is 34.6 Å². The number of hydrogen-bond acceptors (Lipinski definition) is 1. The topological polar surface area (TPSA) is 20.2 Å². The first-order valence-electron chi connectivity index (χ1n) is 14.8. The van der Waals surface area contributed by atoms with Gasteiger partial charge < -0.3 is 5.11 Å². The lowest BCUT2D eigenvalue weighted by molar-refractivity contribution is -0.162. The summed E-state index contributed by atoms with van der Waals surface area (Å²) in [6.45, 7) is 16.1. The molecule has 0 aromatic heterocycles. The molecule has 1 N–H and O–H groups in total. The van der Waals surface area contributed by atoms with E-state index in [2.05, 4.69) is 27.7 Å². The van der Waals surface area contributed by atoms with Crippen molar-refractivity contribution in [1.29, 1.82) is 0 Å². The van der Waals surface area contributed by atoms with Gasteiger partial charge in [0.15, 0.2) is 0 Å². The molecule has 0 saturated heterocycles. The summed E-state index contributed by atoms with van der Waals surface area (Å²) in [5.41, 5.74) is 0.682. The lowest BCUT2D eigenvalue weighted by Crippen LogP contribution is -2.53. The lowest BCUT2D eigenvalue weighted by Gasteiger charge is -2.58. The second kappa shape index (κ2) is 6.82. The Hall–Kier alpha value is -0.180. The Kier molecular flexibility index (Phi) is 4.85. The molecule has 12 unspecified atom stereocenters. The maximum absolute atomic E-state index is 14.8. The van der Waals surface area contributed by atoms with Crippen LogP contribution in [-0.2, 0) is 0 Å². The molecule has 0 aromatic carbocycles. The predicted molar refractivity (Wildman–Crippen MR) is 133 cm³/mol. The largest absolute Gasteiger partial charge is 0.390 e. The monoisotopic (exact) mass is 476 g/mol. The normalized spacial score (nSPS) is 60.2. The molecule has 0 bridgehead atoms. The molecule has 34 heavy (non-hydrogen) atoms. The molecule has 1 nitrogen and oxygen atoms in total. The third-order valence-electron chi connectivity index (χ3n) is 14.4. The second-order valence-corrected chi connectivity index (χ2v) is 15.7. The minimum absolute atomic E-state index is 0.126. The number of halogens is 2. The summed E-state index contributed by atoms with van der Waals surface area (Å²) in [5, 5.41) is 10.8. The maximum Gasteiger partial charge on any atom is 0.250 e. The first-order chi connectivity index (χ1) is 15.7. The Morgan fingerprint density at radius 1 is 0.794 bits per heavy atom. The smallest absolute Gasteiger partial charge is 0.250 e. The standard InChI is InChI=1S/C31H50F2O/c1-18-16-24-23-9-8-22-19(2)31(32,33)15-14-29(22)20(3)30(23,29)13-12-28(24,7)25(18)27(6)11-10-21(17-27)26(4,5)34/h18-25,34H,8-17H2,1-7H3. The number of hydrogen-bond donors (Lipinski definition) is 1. The van der Waals surface area contributed by atoms with Gasteiger partial charge in [-0.2, -0.15) is 0 Å². The van der Waals surface area contributed by atoms with Crippen molar-refractivity contribution in [2.45, 2.75) is 124 Å². The van der Waals surface area contributed by atoms with Crippen LogP contribution < -0.4 is 0 Å². The molecule has 6 saturated carbocycles. The van der Waals surface area contributed by atoms with Gasteiger partial charge in [0.25, 0.3) is 5.92 Å². The fourth-order valence-electron chi connectivity index (χ4n) is 13.3. The summed E-state index contributed by atoms with van der Waals surface area (Å²) in [6.07, 6.45) is 10.6. The Balaban J connectivity index is 1.32. The molecule has 6 aliphatic rings. The highest BCUT2D eigenvalue weighted by atomic mass is 19.3. The van der Waals surface area contributed by atoms with Crippen molar-refractivity contribution >= 4 is 0 Å². The van der Waals surface area contributed by atoms with Gasteiger partial charge in [0.05, 0.1) is 5.60 Å². The number of rotatable bonds is 2. The van der Waals surface area contributed by atoms with E-state index in [1.165, 1.54) is 38.5 Å². The van der Waals surface area contributed by atoms with E-state index in [1.807, 2.05) is 20.8 Å². The molecule has 0 amide bonds. The van der Waals surface area contributed by atoms with Crippen LogP contribution in [0.1, 0.15) is 113 Å². The van der Waals surface area contributed by atoms with E-state index in [0.29, 0.717) is 28.1 Å². The van der Waals surface area contributed by atoms with Crippen LogP contribution in [0.25, 0.3) is 0 Å². The predicted octanol–water partition coefficient (Wildman–Crippen LogP) is 8.35. The SMILES string of the molecule is CC1CC2C3CCC4C(C)C(F)(F)CCC45C(C)C35CCC2(C)C1C1(C)CCC(C(C)(C)O)C1. The first kappa shape index (κ1) is 24.2. The molecular weight excluding hydrogens is 426 g/mol. The molecule has 2 spiro atoms. The van der Waals surface area contributed by atoms with Crippen LogP contribution >= 0.6 is 0 Å². The Morgan fingerprint density at radius 3 is 2.06 bits per heavy atom. The van der Waals surface area contributed by atoms with Gasteiger partial charge in [-0.25, -0.2) is 8.78 Å². The van der Waals surface area contributed by atoms with E-state index in [4.69, 9.17) is 0 Å². The molecule has 12 atom stereocenters. The molecule has 194 valence electrons. The molecule has 6 fully saturated rings. The quantitative estimate of drug-likeness (QED) is 0.424. The number of fused-ring (bicyclic) bond motifs is 2. The molecule has 3 heteroatoms. The van der Waals surface area contributed by atoms with Crippen molar-refractivity contribution in [3.05, 3.63) is 0 Å². The summed E-state index contributed by atoms with van der Waals surface area (Å²) in [4.78, 5) is 0. The highest BCUT2D eigenvalue weighted by Crippen LogP contribution is 2.89.